The number of benzene rings is 1. The molecule has 0 radical (unpaired) electrons. The van der Waals surface area contributed by atoms with Gasteiger partial charge in [0.2, 0.25) is 0 Å². The minimum absolute atomic E-state index is 0.0863. The molecule has 0 bridgehead atoms. The highest BCUT2D eigenvalue weighted by atomic mass is 32.2. The summed E-state index contributed by atoms with van der Waals surface area (Å²) in [6, 6.07) is 9.82. The maximum atomic E-state index is 11.6. The Bertz CT molecular complexity index is 775. The van der Waals surface area contributed by atoms with Crippen LogP contribution in [0.5, 0.6) is 0 Å². The normalized spacial score (nSPS) is 11.0. The summed E-state index contributed by atoms with van der Waals surface area (Å²) in [6.07, 6.45) is 3.39. The van der Waals surface area contributed by atoms with Crippen LogP contribution in [-0.4, -0.2) is 14.6 Å². The molecule has 96 valence electrons. The molecular formula is C14H13N3OS. The van der Waals surface area contributed by atoms with Crippen LogP contribution in [0.15, 0.2) is 52.4 Å². The van der Waals surface area contributed by atoms with Gasteiger partial charge in [0.05, 0.1) is 0 Å². The van der Waals surface area contributed by atoms with Crippen molar-refractivity contribution in [2.24, 2.45) is 0 Å². The van der Waals surface area contributed by atoms with Crippen molar-refractivity contribution in [2.75, 3.05) is 0 Å². The van der Waals surface area contributed by atoms with Gasteiger partial charge in [-0.2, -0.15) is 0 Å². The molecule has 2 aromatic heterocycles. The highest BCUT2D eigenvalue weighted by Crippen LogP contribution is 2.24. The number of fused-ring (bicyclic) bond motifs is 1. The van der Waals surface area contributed by atoms with Crippen LogP contribution in [0.3, 0.4) is 0 Å². The maximum absolute atomic E-state index is 11.6. The summed E-state index contributed by atoms with van der Waals surface area (Å²) in [5, 5.41) is 2.93. The molecule has 4 nitrogen and oxygen atoms in total. The monoisotopic (exact) mass is 271 g/mol. The number of thioether (sulfide) groups is 1. The summed E-state index contributed by atoms with van der Waals surface area (Å²) < 4.78 is 1.46. The molecule has 0 spiro atoms. The SMILES string of the molecule is Cc1cccc(SCc2c[nH]n3c(=O)ccnc23)c1. The molecule has 0 saturated heterocycles. The van der Waals surface area contributed by atoms with Crippen LogP contribution in [-0.2, 0) is 5.75 Å². The van der Waals surface area contributed by atoms with E-state index >= 15 is 0 Å². The minimum atomic E-state index is -0.0863. The molecule has 1 aromatic carbocycles. The largest absolute Gasteiger partial charge is 0.297 e. The molecule has 5 heteroatoms. The average Bonchev–Trinajstić information content (AvgIpc) is 2.81. The number of aromatic nitrogens is 3. The summed E-state index contributed by atoms with van der Waals surface area (Å²) in [5.74, 6) is 0.785. The number of aryl methyl sites for hydroxylation is 1. The molecule has 0 aliphatic carbocycles. The van der Waals surface area contributed by atoms with Gasteiger partial charge >= 0.3 is 0 Å². The molecule has 3 aromatic rings. The number of hydrogen-bond acceptors (Lipinski definition) is 3. The second kappa shape index (κ2) is 4.93. The Morgan fingerprint density at radius 1 is 1.37 bits per heavy atom. The molecule has 1 N–H and O–H groups in total. The number of nitrogens with one attached hydrogen (secondary N) is 1. The van der Waals surface area contributed by atoms with Crippen molar-refractivity contribution in [3.05, 3.63) is 64.2 Å². The minimum Gasteiger partial charge on any atom is -0.297 e. The number of H-pyrrole nitrogens is 1. The summed E-state index contributed by atoms with van der Waals surface area (Å²) in [6.45, 7) is 2.08. The molecule has 0 unspecified atom stereocenters. The quantitative estimate of drug-likeness (QED) is 0.745. The smallest absolute Gasteiger partial charge is 0.272 e. The van der Waals surface area contributed by atoms with E-state index in [-0.39, 0.29) is 5.56 Å². The molecule has 0 saturated carbocycles. The van der Waals surface area contributed by atoms with Gasteiger partial charge in [0.25, 0.3) is 5.56 Å². The third-order valence-corrected chi connectivity index (χ3v) is 3.93. The number of rotatable bonds is 3. The van der Waals surface area contributed by atoms with Crippen LogP contribution in [0.4, 0.5) is 0 Å². The summed E-state index contributed by atoms with van der Waals surface area (Å²) >= 11 is 1.74. The van der Waals surface area contributed by atoms with E-state index in [1.807, 2.05) is 6.20 Å². The van der Waals surface area contributed by atoms with Crippen LogP contribution in [0, 0.1) is 6.92 Å². The molecule has 0 atom stereocenters. The van der Waals surface area contributed by atoms with Crippen molar-refractivity contribution in [3.8, 4) is 0 Å². The van der Waals surface area contributed by atoms with Crippen molar-refractivity contribution in [2.45, 2.75) is 17.6 Å². The van der Waals surface area contributed by atoms with Crippen LogP contribution in [0.2, 0.25) is 0 Å². The van der Waals surface area contributed by atoms with Gasteiger partial charge in [0.1, 0.15) is 0 Å². The predicted octanol–water partition coefficient (Wildman–Crippen LogP) is 2.62. The lowest BCUT2D eigenvalue weighted by molar-refractivity contribution is 0.899. The van der Waals surface area contributed by atoms with E-state index in [0.29, 0.717) is 5.65 Å². The fraction of sp³-hybridized carbons (Fsp3) is 0.143. The van der Waals surface area contributed by atoms with Crippen LogP contribution < -0.4 is 5.56 Å². The fourth-order valence-electron chi connectivity index (χ4n) is 1.94. The standard InChI is InChI=1S/C14H13N3OS/c1-10-3-2-4-12(7-10)19-9-11-8-16-17-13(18)5-6-15-14(11)17/h2-8,16H,9H2,1H3. The van der Waals surface area contributed by atoms with E-state index in [4.69, 9.17) is 0 Å². The first-order valence-electron chi connectivity index (χ1n) is 5.97. The fourth-order valence-corrected chi connectivity index (χ4v) is 2.92. The first-order chi connectivity index (χ1) is 9.24. The molecule has 0 aliphatic rings. The lowest BCUT2D eigenvalue weighted by Crippen LogP contribution is -2.12. The zero-order valence-electron chi connectivity index (χ0n) is 10.5. The van der Waals surface area contributed by atoms with Crippen LogP contribution >= 0.6 is 11.8 Å². The number of hydrogen-bond donors (Lipinski definition) is 1. The predicted molar refractivity (Wildman–Crippen MR) is 76.6 cm³/mol. The molecule has 2 heterocycles. The van der Waals surface area contributed by atoms with E-state index in [1.54, 1.807) is 18.0 Å². The third kappa shape index (κ3) is 2.42. The lowest BCUT2D eigenvalue weighted by atomic mass is 10.2. The molecule has 19 heavy (non-hydrogen) atoms. The van der Waals surface area contributed by atoms with Crippen molar-refractivity contribution in [1.82, 2.24) is 14.6 Å². The van der Waals surface area contributed by atoms with Crippen molar-refractivity contribution in [1.29, 1.82) is 0 Å². The third-order valence-electron chi connectivity index (χ3n) is 2.89. The summed E-state index contributed by atoms with van der Waals surface area (Å²) in [4.78, 5) is 17.1. The first-order valence-corrected chi connectivity index (χ1v) is 6.96. The van der Waals surface area contributed by atoms with Gasteiger partial charge < -0.3 is 0 Å². The maximum Gasteiger partial charge on any atom is 0.272 e. The van der Waals surface area contributed by atoms with Crippen LogP contribution in [0.25, 0.3) is 5.65 Å². The Balaban J connectivity index is 1.86. The molecule has 0 fully saturated rings. The Labute approximate surface area is 114 Å². The molecule has 3 rings (SSSR count). The van der Waals surface area contributed by atoms with E-state index in [2.05, 4.69) is 41.3 Å². The van der Waals surface area contributed by atoms with Gasteiger partial charge in [0.15, 0.2) is 5.65 Å². The van der Waals surface area contributed by atoms with Gasteiger partial charge in [-0.15, -0.1) is 11.8 Å². The zero-order valence-corrected chi connectivity index (χ0v) is 11.3. The van der Waals surface area contributed by atoms with Gasteiger partial charge in [-0.05, 0) is 19.1 Å². The molecule has 0 aliphatic heterocycles. The molecule has 0 amide bonds. The Morgan fingerprint density at radius 3 is 3.11 bits per heavy atom. The van der Waals surface area contributed by atoms with Gasteiger partial charge in [-0.25, -0.2) is 9.50 Å². The van der Waals surface area contributed by atoms with Crippen molar-refractivity contribution in [3.63, 3.8) is 0 Å². The zero-order chi connectivity index (χ0) is 13.2. The topological polar surface area (TPSA) is 50.2 Å². The second-order valence-corrected chi connectivity index (χ2v) is 5.39. The van der Waals surface area contributed by atoms with E-state index in [1.165, 1.54) is 21.0 Å². The van der Waals surface area contributed by atoms with Gasteiger partial charge in [-0.3, -0.25) is 9.89 Å². The lowest BCUT2D eigenvalue weighted by Gasteiger charge is -2.01. The number of nitrogens with zero attached hydrogens (tertiary/aromatic N) is 2. The highest BCUT2D eigenvalue weighted by molar-refractivity contribution is 7.98. The van der Waals surface area contributed by atoms with E-state index in [9.17, 15) is 4.79 Å². The van der Waals surface area contributed by atoms with E-state index < -0.39 is 0 Å². The first kappa shape index (κ1) is 12.0. The van der Waals surface area contributed by atoms with E-state index in [0.717, 1.165) is 11.3 Å². The average molecular weight is 271 g/mol. The van der Waals surface area contributed by atoms with Gasteiger partial charge in [0, 0.05) is 34.7 Å². The highest BCUT2D eigenvalue weighted by Gasteiger charge is 2.06. The second-order valence-electron chi connectivity index (χ2n) is 4.35. The van der Waals surface area contributed by atoms with Crippen molar-refractivity contribution >= 4 is 17.4 Å². The summed E-state index contributed by atoms with van der Waals surface area (Å²) in [7, 11) is 0. The Morgan fingerprint density at radius 2 is 2.26 bits per heavy atom. The number of aromatic amines is 1. The van der Waals surface area contributed by atoms with Crippen molar-refractivity contribution < 1.29 is 0 Å². The summed E-state index contributed by atoms with van der Waals surface area (Å²) in [5.41, 5.74) is 2.90. The Hall–Kier alpha value is -2.01. The molecular weight excluding hydrogens is 258 g/mol. The van der Waals surface area contributed by atoms with Gasteiger partial charge in [-0.1, -0.05) is 17.7 Å². The van der Waals surface area contributed by atoms with Crippen LogP contribution in [0.1, 0.15) is 11.1 Å². The Kier molecular flexibility index (Phi) is 3.13.